The van der Waals surface area contributed by atoms with E-state index in [4.69, 9.17) is 23.7 Å². The van der Waals surface area contributed by atoms with Crippen LogP contribution in [-0.4, -0.2) is 43.1 Å². The Morgan fingerprint density at radius 2 is 1.46 bits per heavy atom. The highest BCUT2D eigenvalue weighted by atomic mass is 16.8. The van der Waals surface area contributed by atoms with Crippen LogP contribution in [0.5, 0.6) is 0 Å². The molecule has 0 amide bonds. The second-order valence-electron chi connectivity index (χ2n) is 9.67. The van der Waals surface area contributed by atoms with E-state index in [1.165, 1.54) is 0 Å². The summed E-state index contributed by atoms with van der Waals surface area (Å²) >= 11 is 0. The van der Waals surface area contributed by atoms with E-state index >= 15 is 0 Å². The fraction of sp³-hybridized carbons (Fsp3) is 0.500. The lowest BCUT2D eigenvalue weighted by molar-refractivity contribution is -0.210. The highest BCUT2D eigenvalue weighted by Crippen LogP contribution is 2.44. The summed E-state index contributed by atoms with van der Waals surface area (Å²) in [5.41, 5.74) is 1.68. The summed E-state index contributed by atoms with van der Waals surface area (Å²) in [5.74, 6) is -2.36. The quantitative estimate of drug-likeness (QED) is 0.477. The minimum absolute atomic E-state index is 0.0117. The second kappa shape index (κ2) is 10.5. The Labute approximate surface area is 206 Å². The van der Waals surface area contributed by atoms with Crippen LogP contribution in [0.25, 0.3) is 0 Å². The van der Waals surface area contributed by atoms with Crippen LogP contribution in [0, 0.1) is 11.8 Å². The third kappa shape index (κ3) is 5.27. The molecule has 0 aromatic heterocycles. The minimum Gasteiger partial charge on any atom is -0.452 e. The summed E-state index contributed by atoms with van der Waals surface area (Å²) in [4.78, 5) is 25.4. The van der Waals surface area contributed by atoms with E-state index in [1.54, 1.807) is 7.11 Å². The van der Waals surface area contributed by atoms with Crippen LogP contribution < -0.4 is 0 Å². The molecular weight excluding hydrogens is 448 g/mol. The van der Waals surface area contributed by atoms with Crippen molar-refractivity contribution in [3.05, 3.63) is 71.8 Å². The van der Waals surface area contributed by atoms with Gasteiger partial charge in [-0.3, -0.25) is 4.79 Å². The van der Waals surface area contributed by atoms with Crippen LogP contribution in [0.3, 0.4) is 0 Å². The largest absolute Gasteiger partial charge is 0.452 e. The molecule has 2 saturated heterocycles. The maximum atomic E-state index is 13.3. The van der Waals surface area contributed by atoms with Gasteiger partial charge in [0.2, 0.25) is 6.10 Å². The van der Waals surface area contributed by atoms with E-state index in [2.05, 4.69) is 0 Å². The molecule has 7 nitrogen and oxygen atoms in total. The predicted molar refractivity (Wildman–Crippen MR) is 128 cm³/mol. The van der Waals surface area contributed by atoms with E-state index < -0.39 is 48.2 Å². The molecule has 4 rings (SSSR count). The monoisotopic (exact) mass is 482 g/mol. The van der Waals surface area contributed by atoms with Gasteiger partial charge in [0.05, 0.1) is 0 Å². The number of rotatable bonds is 9. The summed E-state index contributed by atoms with van der Waals surface area (Å²) < 4.78 is 29.9. The first kappa shape index (κ1) is 25.4. The Morgan fingerprint density at radius 1 is 0.943 bits per heavy atom. The number of carbonyl (C=O) groups is 2. The highest BCUT2D eigenvalue weighted by Gasteiger charge is 2.54. The molecule has 35 heavy (non-hydrogen) atoms. The third-order valence-electron chi connectivity index (χ3n) is 6.84. The number of esters is 2. The lowest BCUT2D eigenvalue weighted by atomic mass is 9.83. The molecule has 0 bridgehead atoms. The highest BCUT2D eigenvalue weighted by molar-refractivity contribution is 5.91. The summed E-state index contributed by atoms with van der Waals surface area (Å²) in [6, 6.07) is 19.2. The van der Waals surface area contributed by atoms with Crippen molar-refractivity contribution < 1.29 is 33.3 Å². The van der Waals surface area contributed by atoms with Crippen molar-refractivity contribution in [2.75, 3.05) is 7.11 Å². The summed E-state index contributed by atoms with van der Waals surface area (Å²) in [5, 5.41) is 0. The van der Waals surface area contributed by atoms with Crippen molar-refractivity contribution in [1.82, 2.24) is 0 Å². The lowest BCUT2D eigenvalue weighted by Gasteiger charge is -2.38. The average Bonchev–Trinajstić information content (AvgIpc) is 3.16. The van der Waals surface area contributed by atoms with Gasteiger partial charge in [-0.05, 0) is 30.9 Å². The number of cyclic esters (lactones) is 1. The second-order valence-corrected chi connectivity index (χ2v) is 9.67. The normalized spacial score (nSPS) is 27.9. The van der Waals surface area contributed by atoms with E-state index in [1.807, 2.05) is 88.4 Å². The van der Waals surface area contributed by atoms with Gasteiger partial charge in [-0.25, -0.2) is 4.79 Å². The molecule has 0 N–H and O–H groups in total. The van der Waals surface area contributed by atoms with Gasteiger partial charge in [-0.2, -0.15) is 0 Å². The van der Waals surface area contributed by atoms with Gasteiger partial charge < -0.3 is 23.7 Å². The standard InChI is InChI=1S/C28H34O7/c1-6-17(2)20-23(33-26(20)29)27(30)32-22(19-15-11-8-12-16-19)25-24(34-28(3,4)35-25)21(31-5)18-13-9-7-10-14-18/h7-17,20-25H,6H2,1-5H3/t17-,20-,21?,22+,23?,24?,25-/m0/s1. The minimum atomic E-state index is -0.928. The number of carbonyl (C=O) groups excluding carboxylic acids is 2. The zero-order valence-corrected chi connectivity index (χ0v) is 20.9. The van der Waals surface area contributed by atoms with Gasteiger partial charge in [0.1, 0.15) is 24.2 Å². The fourth-order valence-electron chi connectivity index (χ4n) is 4.86. The predicted octanol–water partition coefficient (Wildman–Crippen LogP) is 4.77. The molecule has 7 heteroatoms. The molecule has 188 valence electrons. The molecule has 2 fully saturated rings. The third-order valence-corrected chi connectivity index (χ3v) is 6.84. The number of hydrogen-bond acceptors (Lipinski definition) is 7. The molecule has 3 unspecified atom stereocenters. The van der Waals surface area contributed by atoms with Gasteiger partial charge >= 0.3 is 11.9 Å². The van der Waals surface area contributed by atoms with Crippen molar-refractivity contribution in [3.63, 3.8) is 0 Å². The maximum Gasteiger partial charge on any atom is 0.349 e. The van der Waals surface area contributed by atoms with Crippen LogP contribution >= 0.6 is 0 Å². The molecule has 0 spiro atoms. The molecule has 0 radical (unpaired) electrons. The van der Waals surface area contributed by atoms with E-state index in [-0.39, 0.29) is 11.9 Å². The van der Waals surface area contributed by atoms with E-state index in [9.17, 15) is 9.59 Å². The number of methoxy groups -OCH3 is 1. The van der Waals surface area contributed by atoms with Crippen LogP contribution in [0.15, 0.2) is 60.7 Å². The topological polar surface area (TPSA) is 80.3 Å². The summed E-state index contributed by atoms with van der Waals surface area (Å²) in [6.07, 6.45) is -2.65. The van der Waals surface area contributed by atoms with Gasteiger partial charge in [0.15, 0.2) is 11.9 Å². The van der Waals surface area contributed by atoms with Crippen molar-refractivity contribution in [3.8, 4) is 0 Å². The summed E-state index contributed by atoms with van der Waals surface area (Å²) in [6.45, 7) is 7.58. The van der Waals surface area contributed by atoms with Gasteiger partial charge in [0.25, 0.3) is 0 Å². The van der Waals surface area contributed by atoms with Crippen molar-refractivity contribution >= 4 is 11.9 Å². The first-order chi connectivity index (χ1) is 16.8. The number of ether oxygens (including phenoxy) is 5. The van der Waals surface area contributed by atoms with E-state index in [0.717, 1.165) is 17.5 Å². The molecular formula is C28H34O7. The smallest absolute Gasteiger partial charge is 0.349 e. The lowest BCUT2D eigenvalue weighted by Crippen LogP contribution is -2.54. The zero-order chi connectivity index (χ0) is 25.2. The van der Waals surface area contributed by atoms with Crippen molar-refractivity contribution in [2.45, 2.75) is 70.4 Å². The van der Waals surface area contributed by atoms with Crippen LogP contribution in [0.4, 0.5) is 0 Å². The molecule has 0 aliphatic carbocycles. The molecule has 2 aromatic rings. The van der Waals surface area contributed by atoms with E-state index in [0.29, 0.717) is 0 Å². The Bertz CT molecular complexity index is 1010. The first-order valence-electron chi connectivity index (χ1n) is 12.1. The molecule has 2 heterocycles. The van der Waals surface area contributed by atoms with Crippen molar-refractivity contribution in [2.24, 2.45) is 11.8 Å². The number of benzene rings is 2. The van der Waals surface area contributed by atoms with Crippen molar-refractivity contribution in [1.29, 1.82) is 0 Å². The Morgan fingerprint density at radius 3 is 1.94 bits per heavy atom. The number of hydrogen-bond donors (Lipinski definition) is 0. The first-order valence-corrected chi connectivity index (χ1v) is 12.1. The van der Waals surface area contributed by atoms with Crippen LogP contribution in [0.2, 0.25) is 0 Å². The molecule has 2 aromatic carbocycles. The molecule has 0 saturated carbocycles. The summed E-state index contributed by atoms with van der Waals surface area (Å²) in [7, 11) is 1.62. The molecule has 2 aliphatic heterocycles. The fourth-order valence-corrected chi connectivity index (χ4v) is 4.86. The Hall–Kier alpha value is -2.74. The SMILES string of the molecule is CC[C@H](C)[C@@H]1C(=O)OC1C(=O)O[C@H](c1ccccc1)[C@@H]1OC(C)(C)OC1C(OC)c1ccccc1. The van der Waals surface area contributed by atoms with Gasteiger partial charge in [-0.15, -0.1) is 0 Å². The molecule has 7 atom stereocenters. The van der Waals surface area contributed by atoms with Gasteiger partial charge in [-0.1, -0.05) is 80.9 Å². The van der Waals surface area contributed by atoms with Gasteiger partial charge in [0, 0.05) is 7.11 Å². The van der Waals surface area contributed by atoms with Crippen LogP contribution in [0.1, 0.15) is 57.5 Å². The van der Waals surface area contributed by atoms with Crippen LogP contribution in [-0.2, 0) is 33.3 Å². The Kier molecular flexibility index (Phi) is 7.59. The Balaban J connectivity index is 1.66. The maximum absolute atomic E-state index is 13.3. The molecule has 2 aliphatic rings. The average molecular weight is 483 g/mol. The zero-order valence-electron chi connectivity index (χ0n) is 20.9.